The summed E-state index contributed by atoms with van der Waals surface area (Å²) in [6.45, 7) is 0. The van der Waals surface area contributed by atoms with E-state index < -0.39 is 0 Å². The van der Waals surface area contributed by atoms with Gasteiger partial charge in [0.15, 0.2) is 0 Å². The van der Waals surface area contributed by atoms with Crippen molar-refractivity contribution < 1.29 is 4.79 Å². The van der Waals surface area contributed by atoms with Gasteiger partial charge in [0, 0.05) is 12.0 Å². The lowest BCUT2D eigenvalue weighted by atomic mass is 9.82. The largest absolute Gasteiger partial charge is 0.332 e. The van der Waals surface area contributed by atoms with Gasteiger partial charge in [-0.15, -0.1) is 0 Å². The maximum Gasteiger partial charge on any atom is 0.226 e. The van der Waals surface area contributed by atoms with Crippen molar-refractivity contribution in [3.05, 3.63) is 35.4 Å². The molecule has 0 saturated heterocycles. The molecule has 2 fully saturated rings. The van der Waals surface area contributed by atoms with Crippen LogP contribution in [0.15, 0.2) is 24.3 Å². The molecule has 0 spiro atoms. The summed E-state index contributed by atoms with van der Waals surface area (Å²) in [4.78, 5) is 15.1. The molecule has 3 aliphatic rings. The lowest BCUT2D eigenvalue weighted by Crippen LogP contribution is -2.43. The Labute approximate surface area is 121 Å². The summed E-state index contributed by atoms with van der Waals surface area (Å²) in [6, 6.07) is 9.68. The van der Waals surface area contributed by atoms with Gasteiger partial charge in [0.1, 0.15) is 0 Å². The predicted molar refractivity (Wildman–Crippen MR) is 79.3 cm³/mol. The molecule has 1 aromatic rings. The van der Waals surface area contributed by atoms with Gasteiger partial charge in [-0.1, -0.05) is 30.7 Å². The van der Waals surface area contributed by atoms with Gasteiger partial charge in [-0.2, -0.15) is 0 Å². The molecule has 1 atom stereocenters. The number of carbonyl (C=O) groups is 1. The highest BCUT2D eigenvalue weighted by Crippen LogP contribution is 2.43. The average Bonchev–Trinajstić information content (AvgIpc) is 3.22. The summed E-state index contributed by atoms with van der Waals surface area (Å²) in [7, 11) is 0. The Morgan fingerprint density at radius 2 is 1.80 bits per heavy atom. The molecule has 0 aromatic heterocycles. The van der Waals surface area contributed by atoms with E-state index in [0.29, 0.717) is 23.9 Å². The van der Waals surface area contributed by atoms with E-state index in [2.05, 4.69) is 29.2 Å². The van der Waals surface area contributed by atoms with E-state index in [4.69, 9.17) is 0 Å². The Morgan fingerprint density at radius 3 is 2.50 bits per heavy atom. The van der Waals surface area contributed by atoms with Crippen LogP contribution < -0.4 is 0 Å². The van der Waals surface area contributed by atoms with Crippen LogP contribution in [0.5, 0.6) is 0 Å². The molecule has 0 heterocycles. The summed E-state index contributed by atoms with van der Waals surface area (Å²) >= 11 is 0. The van der Waals surface area contributed by atoms with Crippen molar-refractivity contribution in [2.24, 2.45) is 5.92 Å². The zero-order valence-electron chi connectivity index (χ0n) is 12.1. The molecule has 0 N–H and O–H groups in total. The van der Waals surface area contributed by atoms with Crippen LogP contribution in [0.25, 0.3) is 0 Å². The second kappa shape index (κ2) is 4.91. The molecule has 20 heavy (non-hydrogen) atoms. The van der Waals surface area contributed by atoms with Crippen LogP contribution in [-0.2, 0) is 11.2 Å². The van der Waals surface area contributed by atoms with Crippen LogP contribution in [0, 0.1) is 5.92 Å². The summed E-state index contributed by atoms with van der Waals surface area (Å²) in [5.74, 6) is 0.796. The van der Waals surface area contributed by atoms with Crippen molar-refractivity contribution in [1.82, 2.24) is 4.90 Å². The van der Waals surface area contributed by atoms with Gasteiger partial charge in [0.25, 0.3) is 0 Å². The molecular formula is C18H23NO. The van der Waals surface area contributed by atoms with Crippen LogP contribution in [0.4, 0.5) is 0 Å². The van der Waals surface area contributed by atoms with Gasteiger partial charge >= 0.3 is 0 Å². The fourth-order valence-electron chi connectivity index (χ4n) is 3.82. The third-order valence-corrected chi connectivity index (χ3v) is 5.32. The monoisotopic (exact) mass is 269 g/mol. The molecule has 1 amide bonds. The molecule has 0 aliphatic heterocycles. The standard InChI is InChI=1S/C18H23NO/c20-18(14-7-3-8-14)19(15-11-12-15)17-10-4-6-13-5-1-2-9-16(13)17/h1-2,5,9,14-15,17H,3-4,6-8,10-12H2. The van der Waals surface area contributed by atoms with Gasteiger partial charge in [-0.25, -0.2) is 0 Å². The van der Waals surface area contributed by atoms with E-state index in [9.17, 15) is 4.79 Å². The molecule has 3 aliphatic carbocycles. The van der Waals surface area contributed by atoms with Crippen molar-refractivity contribution in [3.8, 4) is 0 Å². The van der Waals surface area contributed by atoms with E-state index in [0.717, 1.165) is 19.3 Å². The fourth-order valence-corrected chi connectivity index (χ4v) is 3.82. The predicted octanol–water partition coefficient (Wildman–Crippen LogP) is 3.86. The molecule has 0 radical (unpaired) electrons. The first-order valence-electron chi connectivity index (χ1n) is 8.24. The topological polar surface area (TPSA) is 20.3 Å². The molecule has 0 bridgehead atoms. The molecule has 1 aromatic carbocycles. The van der Waals surface area contributed by atoms with Crippen molar-refractivity contribution in [2.75, 3.05) is 0 Å². The minimum atomic E-state index is 0.338. The quantitative estimate of drug-likeness (QED) is 0.816. The highest BCUT2D eigenvalue weighted by molar-refractivity contribution is 5.81. The van der Waals surface area contributed by atoms with Crippen molar-refractivity contribution in [2.45, 2.75) is 63.5 Å². The summed E-state index contributed by atoms with van der Waals surface area (Å²) < 4.78 is 0. The molecule has 2 heteroatoms. The number of fused-ring (bicyclic) bond motifs is 1. The summed E-state index contributed by atoms with van der Waals surface area (Å²) in [5.41, 5.74) is 2.90. The molecule has 2 saturated carbocycles. The van der Waals surface area contributed by atoms with Gasteiger partial charge in [0.2, 0.25) is 5.91 Å². The van der Waals surface area contributed by atoms with E-state index >= 15 is 0 Å². The maximum atomic E-state index is 12.8. The first-order valence-corrected chi connectivity index (χ1v) is 8.24. The van der Waals surface area contributed by atoms with Gasteiger partial charge < -0.3 is 4.90 Å². The van der Waals surface area contributed by atoms with Gasteiger partial charge in [-0.05, 0) is 56.1 Å². The lowest BCUT2D eigenvalue weighted by Gasteiger charge is -2.40. The molecular weight excluding hydrogens is 246 g/mol. The third-order valence-electron chi connectivity index (χ3n) is 5.32. The second-order valence-corrected chi connectivity index (χ2v) is 6.71. The number of hydrogen-bond acceptors (Lipinski definition) is 1. The maximum absolute atomic E-state index is 12.8. The van der Waals surface area contributed by atoms with Crippen molar-refractivity contribution in [3.63, 3.8) is 0 Å². The van der Waals surface area contributed by atoms with Crippen LogP contribution in [-0.4, -0.2) is 16.8 Å². The highest BCUT2D eigenvalue weighted by Gasteiger charge is 2.42. The van der Waals surface area contributed by atoms with Crippen LogP contribution in [0.3, 0.4) is 0 Å². The number of hydrogen-bond donors (Lipinski definition) is 0. The SMILES string of the molecule is O=C(C1CCC1)N(C1CC1)C1CCCc2ccccc21. The van der Waals surface area contributed by atoms with E-state index in [1.807, 2.05) is 0 Å². The zero-order valence-corrected chi connectivity index (χ0v) is 12.1. The molecule has 2 nitrogen and oxygen atoms in total. The number of nitrogens with zero attached hydrogens (tertiary/aromatic N) is 1. The zero-order chi connectivity index (χ0) is 13.5. The van der Waals surface area contributed by atoms with Gasteiger partial charge in [0.05, 0.1) is 6.04 Å². The third kappa shape index (κ3) is 2.06. The number of carbonyl (C=O) groups excluding carboxylic acids is 1. The number of benzene rings is 1. The van der Waals surface area contributed by atoms with Crippen LogP contribution >= 0.6 is 0 Å². The summed E-state index contributed by atoms with van der Waals surface area (Å²) in [6.07, 6.45) is 9.49. The van der Waals surface area contributed by atoms with Crippen LogP contribution in [0.1, 0.15) is 62.1 Å². The molecule has 1 unspecified atom stereocenters. The summed E-state index contributed by atoms with van der Waals surface area (Å²) in [5, 5.41) is 0. The Morgan fingerprint density at radius 1 is 1.00 bits per heavy atom. The highest BCUT2D eigenvalue weighted by atomic mass is 16.2. The van der Waals surface area contributed by atoms with E-state index in [-0.39, 0.29) is 0 Å². The Balaban J connectivity index is 1.65. The van der Waals surface area contributed by atoms with E-state index in [1.54, 1.807) is 0 Å². The average molecular weight is 269 g/mol. The Kier molecular flexibility index (Phi) is 3.05. The molecule has 106 valence electrons. The fraction of sp³-hybridized carbons (Fsp3) is 0.611. The Bertz CT molecular complexity index is 516. The number of amides is 1. The first kappa shape index (κ1) is 12.4. The number of rotatable bonds is 3. The minimum Gasteiger partial charge on any atom is -0.332 e. The van der Waals surface area contributed by atoms with Crippen molar-refractivity contribution in [1.29, 1.82) is 0 Å². The second-order valence-electron chi connectivity index (χ2n) is 6.71. The lowest BCUT2D eigenvalue weighted by molar-refractivity contribution is -0.141. The van der Waals surface area contributed by atoms with Crippen molar-refractivity contribution >= 4 is 5.91 Å². The Hall–Kier alpha value is -1.31. The normalized spacial score (nSPS) is 25.7. The molecule has 4 rings (SSSR count). The number of aryl methyl sites for hydroxylation is 1. The minimum absolute atomic E-state index is 0.338. The van der Waals surface area contributed by atoms with E-state index in [1.165, 1.54) is 43.2 Å². The van der Waals surface area contributed by atoms with Crippen LogP contribution in [0.2, 0.25) is 0 Å². The first-order chi connectivity index (χ1) is 9.84. The van der Waals surface area contributed by atoms with Gasteiger partial charge in [-0.3, -0.25) is 4.79 Å². The smallest absolute Gasteiger partial charge is 0.226 e.